The highest BCUT2D eigenvalue weighted by atomic mass is 16.2. The number of nitrogens with zero attached hydrogens (tertiary/aromatic N) is 2. The third kappa shape index (κ3) is 2.47. The maximum Gasteiger partial charge on any atom is 0.325 e. The van der Waals surface area contributed by atoms with Gasteiger partial charge in [0.25, 0.3) is 5.91 Å². The summed E-state index contributed by atoms with van der Waals surface area (Å²) in [6, 6.07) is -0.388. The van der Waals surface area contributed by atoms with Crippen molar-refractivity contribution in [3.8, 4) is 0 Å². The van der Waals surface area contributed by atoms with Crippen LogP contribution in [0.15, 0.2) is 0 Å². The van der Waals surface area contributed by atoms with E-state index in [1.807, 2.05) is 0 Å². The van der Waals surface area contributed by atoms with Gasteiger partial charge < -0.3 is 16.0 Å². The quantitative estimate of drug-likeness (QED) is 0.728. The molecule has 0 aromatic carbocycles. The third-order valence-electron chi connectivity index (χ3n) is 5.22. The molecule has 22 heavy (non-hydrogen) atoms. The zero-order chi connectivity index (χ0) is 15.7. The molecule has 7 nitrogen and oxygen atoms in total. The van der Waals surface area contributed by atoms with Crippen LogP contribution in [-0.4, -0.2) is 58.9 Å². The average Bonchev–Trinajstić information content (AvgIpc) is 3.08. The van der Waals surface area contributed by atoms with Crippen molar-refractivity contribution >= 4 is 17.8 Å². The van der Waals surface area contributed by atoms with E-state index in [2.05, 4.69) is 5.32 Å². The molecule has 3 N–H and O–H groups in total. The van der Waals surface area contributed by atoms with Crippen molar-refractivity contribution in [2.45, 2.75) is 56.5 Å². The number of carbonyl (C=O) groups excluding carboxylic acids is 3. The van der Waals surface area contributed by atoms with Crippen LogP contribution < -0.4 is 11.1 Å². The minimum atomic E-state index is -0.756. The lowest BCUT2D eigenvalue weighted by atomic mass is 9.82. The van der Waals surface area contributed by atoms with Crippen molar-refractivity contribution in [1.82, 2.24) is 15.1 Å². The second-order valence-electron chi connectivity index (χ2n) is 6.58. The number of likely N-dealkylation sites (tertiary alicyclic amines) is 1. The molecule has 4 amide bonds. The number of rotatable bonds is 3. The van der Waals surface area contributed by atoms with Crippen molar-refractivity contribution < 1.29 is 14.4 Å². The van der Waals surface area contributed by atoms with Gasteiger partial charge in [-0.2, -0.15) is 0 Å². The maximum absolute atomic E-state index is 12.6. The molecule has 3 fully saturated rings. The summed E-state index contributed by atoms with van der Waals surface area (Å²) in [5.74, 6) is -0.404. The van der Waals surface area contributed by atoms with E-state index in [1.165, 1.54) is 0 Å². The van der Waals surface area contributed by atoms with Gasteiger partial charge in [0.1, 0.15) is 12.1 Å². The first-order valence-electron chi connectivity index (χ1n) is 8.21. The van der Waals surface area contributed by atoms with Gasteiger partial charge >= 0.3 is 6.03 Å². The molecular formula is C15H24N4O3. The summed E-state index contributed by atoms with van der Waals surface area (Å²) < 4.78 is 0. The molecule has 1 atom stereocenters. The van der Waals surface area contributed by atoms with Crippen LogP contribution in [-0.2, 0) is 9.59 Å². The standard InChI is InChI=1S/C15H24N4O3/c16-9-11-5-4-8-18(11)12(20)10-19-13(21)15(17-14(19)22)6-2-1-3-7-15/h11H,1-10,16H2,(H,17,22). The second kappa shape index (κ2) is 5.87. The summed E-state index contributed by atoms with van der Waals surface area (Å²) in [7, 11) is 0. The number of nitrogens with one attached hydrogen (secondary N) is 1. The van der Waals surface area contributed by atoms with Gasteiger partial charge in [-0.05, 0) is 25.7 Å². The average molecular weight is 308 g/mol. The lowest BCUT2D eigenvalue weighted by Gasteiger charge is -2.30. The predicted molar refractivity (Wildman–Crippen MR) is 79.9 cm³/mol. The molecule has 1 unspecified atom stereocenters. The van der Waals surface area contributed by atoms with Crippen LogP contribution in [0.2, 0.25) is 0 Å². The van der Waals surface area contributed by atoms with E-state index in [4.69, 9.17) is 5.73 Å². The summed E-state index contributed by atoms with van der Waals surface area (Å²) in [6.07, 6.45) is 6.15. The minimum Gasteiger partial charge on any atom is -0.337 e. The Labute approximate surface area is 130 Å². The lowest BCUT2D eigenvalue weighted by Crippen LogP contribution is -2.49. The van der Waals surface area contributed by atoms with E-state index in [9.17, 15) is 14.4 Å². The van der Waals surface area contributed by atoms with Gasteiger partial charge in [-0.15, -0.1) is 0 Å². The summed E-state index contributed by atoms with van der Waals surface area (Å²) in [6.45, 7) is 0.925. The van der Waals surface area contributed by atoms with Gasteiger partial charge in [0.2, 0.25) is 5.91 Å². The summed E-state index contributed by atoms with van der Waals surface area (Å²) >= 11 is 0. The maximum atomic E-state index is 12.6. The Hall–Kier alpha value is -1.63. The van der Waals surface area contributed by atoms with Gasteiger partial charge in [-0.1, -0.05) is 19.3 Å². The first kappa shape index (κ1) is 15.3. The molecule has 2 aliphatic heterocycles. The van der Waals surface area contributed by atoms with Crippen molar-refractivity contribution in [1.29, 1.82) is 0 Å². The first-order chi connectivity index (χ1) is 10.6. The summed E-state index contributed by atoms with van der Waals surface area (Å²) in [5, 5.41) is 2.83. The highest BCUT2D eigenvalue weighted by Gasteiger charge is 2.52. The van der Waals surface area contributed by atoms with E-state index in [-0.39, 0.29) is 24.4 Å². The summed E-state index contributed by atoms with van der Waals surface area (Å²) in [4.78, 5) is 40.0. The number of nitrogens with two attached hydrogens (primary N) is 1. The number of urea groups is 1. The zero-order valence-electron chi connectivity index (χ0n) is 12.8. The van der Waals surface area contributed by atoms with E-state index in [0.717, 1.165) is 37.0 Å². The van der Waals surface area contributed by atoms with Gasteiger partial charge in [0.05, 0.1) is 0 Å². The molecule has 2 saturated heterocycles. The highest BCUT2D eigenvalue weighted by molar-refractivity contribution is 6.09. The molecule has 1 saturated carbocycles. The predicted octanol–water partition coefficient (Wildman–Crippen LogP) is 0.191. The fraction of sp³-hybridized carbons (Fsp3) is 0.800. The molecule has 0 aromatic rings. The van der Waals surface area contributed by atoms with Crippen molar-refractivity contribution in [3.63, 3.8) is 0 Å². The first-order valence-corrected chi connectivity index (χ1v) is 8.21. The molecule has 0 bridgehead atoms. The molecule has 3 aliphatic rings. The number of hydrogen-bond acceptors (Lipinski definition) is 4. The Kier molecular flexibility index (Phi) is 4.08. The number of carbonyl (C=O) groups is 3. The van der Waals surface area contributed by atoms with E-state index in [1.54, 1.807) is 4.90 Å². The highest BCUT2D eigenvalue weighted by Crippen LogP contribution is 2.33. The third-order valence-corrected chi connectivity index (χ3v) is 5.22. The van der Waals surface area contributed by atoms with Crippen molar-refractivity contribution in [2.24, 2.45) is 5.73 Å². The normalized spacial score (nSPS) is 27.6. The van der Waals surface area contributed by atoms with E-state index in [0.29, 0.717) is 25.9 Å². The minimum absolute atomic E-state index is 0.0388. The Morgan fingerprint density at radius 2 is 1.95 bits per heavy atom. The van der Waals surface area contributed by atoms with E-state index < -0.39 is 11.6 Å². The van der Waals surface area contributed by atoms with Crippen LogP contribution in [0.25, 0.3) is 0 Å². The fourth-order valence-electron chi connectivity index (χ4n) is 3.95. The van der Waals surface area contributed by atoms with Crippen LogP contribution in [0.3, 0.4) is 0 Å². The smallest absolute Gasteiger partial charge is 0.325 e. The fourth-order valence-corrected chi connectivity index (χ4v) is 3.95. The lowest BCUT2D eigenvalue weighted by molar-refractivity contribution is -0.139. The molecule has 1 spiro atoms. The second-order valence-corrected chi connectivity index (χ2v) is 6.58. The molecule has 122 valence electrons. The molecular weight excluding hydrogens is 284 g/mol. The van der Waals surface area contributed by atoms with Crippen molar-refractivity contribution in [2.75, 3.05) is 19.6 Å². The van der Waals surface area contributed by atoms with Crippen LogP contribution in [0.5, 0.6) is 0 Å². The Balaban J connectivity index is 1.68. The zero-order valence-corrected chi connectivity index (χ0v) is 12.8. The molecule has 2 heterocycles. The van der Waals surface area contributed by atoms with E-state index >= 15 is 0 Å². The van der Waals surface area contributed by atoms with Crippen LogP contribution in [0.1, 0.15) is 44.9 Å². The number of imide groups is 1. The molecule has 3 rings (SSSR count). The largest absolute Gasteiger partial charge is 0.337 e. The number of hydrogen-bond donors (Lipinski definition) is 2. The molecule has 7 heteroatoms. The summed E-state index contributed by atoms with van der Waals surface area (Å²) in [5.41, 5.74) is 4.93. The van der Waals surface area contributed by atoms with Crippen LogP contribution in [0, 0.1) is 0 Å². The van der Waals surface area contributed by atoms with Gasteiger partial charge in [-0.25, -0.2) is 4.79 Å². The molecule has 0 radical (unpaired) electrons. The van der Waals surface area contributed by atoms with Crippen LogP contribution in [0.4, 0.5) is 4.79 Å². The molecule has 0 aromatic heterocycles. The Morgan fingerprint density at radius 1 is 1.23 bits per heavy atom. The Morgan fingerprint density at radius 3 is 2.64 bits per heavy atom. The van der Waals surface area contributed by atoms with Gasteiger partial charge in [0, 0.05) is 19.1 Å². The molecule has 1 aliphatic carbocycles. The Bertz CT molecular complexity index is 487. The number of amides is 4. The topological polar surface area (TPSA) is 95.7 Å². The monoisotopic (exact) mass is 308 g/mol. The SMILES string of the molecule is NCC1CCCN1C(=O)CN1C(=O)NC2(CCCCC2)C1=O. The van der Waals surface area contributed by atoms with Gasteiger partial charge in [0.15, 0.2) is 0 Å². The van der Waals surface area contributed by atoms with Crippen LogP contribution >= 0.6 is 0 Å². The van der Waals surface area contributed by atoms with Crippen molar-refractivity contribution in [3.05, 3.63) is 0 Å². The van der Waals surface area contributed by atoms with Gasteiger partial charge in [-0.3, -0.25) is 14.5 Å².